The molecular weight excluding hydrogens is 184 g/mol. The third-order valence-electron chi connectivity index (χ3n) is 2.17. The summed E-state index contributed by atoms with van der Waals surface area (Å²) in [6.07, 6.45) is 1.80. The predicted octanol–water partition coefficient (Wildman–Crippen LogP) is 3.34. The van der Waals surface area contributed by atoms with Crippen molar-refractivity contribution in [2.24, 2.45) is 0 Å². The minimum absolute atomic E-state index is 0.460. The molecule has 0 saturated heterocycles. The highest BCUT2D eigenvalue weighted by Crippen LogP contribution is 2.27. The van der Waals surface area contributed by atoms with E-state index >= 15 is 0 Å². The number of benzene rings is 1. The highest BCUT2D eigenvalue weighted by molar-refractivity contribution is 6.31. The molecule has 1 heterocycles. The molecule has 13 heavy (non-hydrogen) atoms. The number of halogens is 1. The van der Waals surface area contributed by atoms with Crippen LogP contribution < -0.4 is 0 Å². The van der Waals surface area contributed by atoms with Crippen LogP contribution in [0.2, 0.25) is 5.02 Å². The first-order valence-electron chi connectivity index (χ1n) is 4.31. The van der Waals surface area contributed by atoms with Crippen LogP contribution in [-0.2, 0) is 0 Å². The van der Waals surface area contributed by atoms with Gasteiger partial charge in [-0.15, -0.1) is 0 Å². The molecular formula is C10H11ClN2. The van der Waals surface area contributed by atoms with Crippen LogP contribution in [0.25, 0.3) is 10.9 Å². The standard InChI is InChI=1S/C10H11ClN2/c1-6(2)9-4-8(11)3-7-5-12-13-10(7)9/h3-6H,1-2H3,(H,12,13). The number of hydrogen-bond acceptors (Lipinski definition) is 1. The van der Waals surface area contributed by atoms with E-state index in [0.717, 1.165) is 15.9 Å². The van der Waals surface area contributed by atoms with E-state index in [2.05, 4.69) is 24.0 Å². The molecule has 0 unspecified atom stereocenters. The zero-order valence-corrected chi connectivity index (χ0v) is 8.39. The minimum Gasteiger partial charge on any atom is -0.278 e. The fraction of sp³-hybridized carbons (Fsp3) is 0.300. The molecule has 0 spiro atoms. The highest BCUT2D eigenvalue weighted by Gasteiger charge is 2.07. The first-order valence-corrected chi connectivity index (χ1v) is 4.69. The minimum atomic E-state index is 0.460. The maximum atomic E-state index is 5.98. The summed E-state index contributed by atoms with van der Waals surface area (Å²) in [5.41, 5.74) is 2.32. The van der Waals surface area contributed by atoms with Crippen LogP contribution in [0, 0.1) is 0 Å². The van der Waals surface area contributed by atoms with Crippen molar-refractivity contribution in [3.8, 4) is 0 Å². The van der Waals surface area contributed by atoms with Gasteiger partial charge in [0.2, 0.25) is 0 Å². The number of rotatable bonds is 1. The molecule has 2 aromatic rings. The zero-order chi connectivity index (χ0) is 9.42. The third kappa shape index (κ3) is 1.42. The number of H-pyrrole nitrogens is 1. The average molecular weight is 195 g/mol. The number of hydrogen-bond donors (Lipinski definition) is 1. The fourth-order valence-corrected chi connectivity index (χ4v) is 1.74. The molecule has 0 saturated carbocycles. The van der Waals surface area contributed by atoms with Crippen LogP contribution in [0.1, 0.15) is 25.3 Å². The summed E-state index contributed by atoms with van der Waals surface area (Å²) in [4.78, 5) is 0. The summed E-state index contributed by atoms with van der Waals surface area (Å²) >= 11 is 5.98. The number of nitrogens with one attached hydrogen (secondary N) is 1. The molecule has 0 aliphatic rings. The van der Waals surface area contributed by atoms with E-state index in [1.807, 2.05) is 12.1 Å². The summed E-state index contributed by atoms with van der Waals surface area (Å²) in [6, 6.07) is 3.92. The van der Waals surface area contributed by atoms with Crippen LogP contribution in [0.5, 0.6) is 0 Å². The van der Waals surface area contributed by atoms with Gasteiger partial charge in [-0.2, -0.15) is 5.10 Å². The van der Waals surface area contributed by atoms with Crippen molar-refractivity contribution >= 4 is 22.5 Å². The maximum Gasteiger partial charge on any atom is 0.0685 e. The van der Waals surface area contributed by atoms with Crippen molar-refractivity contribution in [3.05, 3.63) is 28.9 Å². The number of aromatic nitrogens is 2. The molecule has 1 aromatic carbocycles. The summed E-state index contributed by atoms with van der Waals surface area (Å²) in [6.45, 7) is 4.29. The largest absolute Gasteiger partial charge is 0.278 e. The van der Waals surface area contributed by atoms with Crippen LogP contribution in [-0.4, -0.2) is 10.2 Å². The molecule has 68 valence electrons. The van der Waals surface area contributed by atoms with Crippen molar-refractivity contribution in [2.75, 3.05) is 0 Å². The Morgan fingerprint density at radius 1 is 1.38 bits per heavy atom. The molecule has 0 radical (unpaired) electrons. The van der Waals surface area contributed by atoms with Crippen molar-refractivity contribution in [3.63, 3.8) is 0 Å². The number of aromatic amines is 1. The van der Waals surface area contributed by atoms with Crippen LogP contribution >= 0.6 is 11.6 Å². The van der Waals surface area contributed by atoms with Crippen molar-refractivity contribution in [1.29, 1.82) is 0 Å². The second-order valence-corrected chi connectivity index (χ2v) is 3.92. The van der Waals surface area contributed by atoms with E-state index in [1.54, 1.807) is 6.20 Å². The molecule has 0 fully saturated rings. The Labute approximate surface area is 81.9 Å². The van der Waals surface area contributed by atoms with E-state index in [9.17, 15) is 0 Å². The van der Waals surface area contributed by atoms with Gasteiger partial charge in [0.15, 0.2) is 0 Å². The first kappa shape index (κ1) is 8.57. The van der Waals surface area contributed by atoms with Gasteiger partial charge >= 0.3 is 0 Å². The highest BCUT2D eigenvalue weighted by atomic mass is 35.5. The summed E-state index contributed by atoms with van der Waals surface area (Å²) in [7, 11) is 0. The lowest BCUT2D eigenvalue weighted by Gasteiger charge is -2.06. The lowest BCUT2D eigenvalue weighted by atomic mass is 10.0. The molecule has 0 aliphatic carbocycles. The number of nitrogens with zero attached hydrogens (tertiary/aromatic N) is 1. The van der Waals surface area contributed by atoms with Gasteiger partial charge in [-0.25, -0.2) is 0 Å². The average Bonchev–Trinajstić information content (AvgIpc) is 2.49. The van der Waals surface area contributed by atoms with Crippen molar-refractivity contribution < 1.29 is 0 Å². The summed E-state index contributed by atoms with van der Waals surface area (Å²) in [5, 5.41) is 8.85. The number of fused-ring (bicyclic) bond motifs is 1. The Hall–Kier alpha value is -1.02. The van der Waals surface area contributed by atoms with Gasteiger partial charge in [0.25, 0.3) is 0 Å². The third-order valence-corrected chi connectivity index (χ3v) is 2.38. The van der Waals surface area contributed by atoms with Gasteiger partial charge < -0.3 is 0 Å². The Morgan fingerprint density at radius 2 is 2.15 bits per heavy atom. The quantitative estimate of drug-likeness (QED) is 0.741. The summed E-state index contributed by atoms with van der Waals surface area (Å²) in [5.74, 6) is 0.460. The second-order valence-electron chi connectivity index (χ2n) is 3.48. The van der Waals surface area contributed by atoms with Crippen LogP contribution in [0.3, 0.4) is 0 Å². The normalized spacial score (nSPS) is 11.4. The molecule has 0 bridgehead atoms. The smallest absolute Gasteiger partial charge is 0.0685 e. The molecule has 0 amide bonds. The Balaban J connectivity index is 2.77. The van der Waals surface area contributed by atoms with Crippen LogP contribution in [0.4, 0.5) is 0 Å². The summed E-state index contributed by atoms with van der Waals surface area (Å²) < 4.78 is 0. The van der Waals surface area contributed by atoms with Gasteiger partial charge in [-0.1, -0.05) is 25.4 Å². The SMILES string of the molecule is CC(C)c1cc(Cl)cc2cn[nH]c12. The van der Waals surface area contributed by atoms with E-state index < -0.39 is 0 Å². The molecule has 2 nitrogen and oxygen atoms in total. The van der Waals surface area contributed by atoms with Gasteiger partial charge in [-0.3, -0.25) is 5.10 Å². The Kier molecular flexibility index (Phi) is 2.00. The second kappa shape index (κ2) is 3.04. The van der Waals surface area contributed by atoms with Gasteiger partial charge in [-0.05, 0) is 23.6 Å². The van der Waals surface area contributed by atoms with Crippen molar-refractivity contribution in [2.45, 2.75) is 19.8 Å². The predicted molar refractivity (Wildman–Crippen MR) is 55.2 cm³/mol. The van der Waals surface area contributed by atoms with E-state index in [-0.39, 0.29) is 0 Å². The molecule has 0 atom stereocenters. The molecule has 2 rings (SSSR count). The maximum absolute atomic E-state index is 5.98. The van der Waals surface area contributed by atoms with E-state index in [4.69, 9.17) is 11.6 Å². The molecule has 0 aliphatic heterocycles. The lowest BCUT2D eigenvalue weighted by molar-refractivity contribution is 0.871. The first-order chi connectivity index (χ1) is 6.18. The zero-order valence-electron chi connectivity index (χ0n) is 7.63. The van der Waals surface area contributed by atoms with Gasteiger partial charge in [0.05, 0.1) is 11.7 Å². The fourth-order valence-electron chi connectivity index (χ4n) is 1.50. The van der Waals surface area contributed by atoms with Crippen molar-refractivity contribution in [1.82, 2.24) is 10.2 Å². The molecule has 1 N–H and O–H groups in total. The topological polar surface area (TPSA) is 28.7 Å². The Bertz CT molecular complexity index is 431. The monoisotopic (exact) mass is 194 g/mol. The van der Waals surface area contributed by atoms with E-state index in [1.165, 1.54) is 5.56 Å². The van der Waals surface area contributed by atoms with Gasteiger partial charge in [0, 0.05) is 10.4 Å². The Morgan fingerprint density at radius 3 is 2.85 bits per heavy atom. The van der Waals surface area contributed by atoms with Gasteiger partial charge in [0.1, 0.15) is 0 Å². The lowest BCUT2D eigenvalue weighted by Crippen LogP contribution is -1.89. The van der Waals surface area contributed by atoms with Crippen LogP contribution in [0.15, 0.2) is 18.3 Å². The molecule has 1 aromatic heterocycles. The van der Waals surface area contributed by atoms with E-state index in [0.29, 0.717) is 5.92 Å². The molecule has 3 heteroatoms.